The fraction of sp³-hybridized carbons (Fsp3) is 0.318. The largest absolute Gasteiger partial charge is 0.493 e. The van der Waals surface area contributed by atoms with E-state index in [1.54, 1.807) is 24.0 Å². The fourth-order valence-electron chi connectivity index (χ4n) is 3.43. The van der Waals surface area contributed by atoms with Gasteiger partial charge in [-0.25, -0.2) is 19.6 Å². The highest BCUT2D eigenvalue weighted by molar-refractivity contribution is 5.80. The van der Waals surface area contributed by atoms with Crippen LogP contribution < -0.4 is 10.3 Å². The number of aryl methyl sites for hydroxylation is 1. The van der Waals surface area contributed by atoms with Crippen molar-refractivity contribution >= 4 is 11.0 Å². The number of fused-ring (bicyclic) bond motifs is 1. The minimum absolute atomic E-state index is 0.203. The Balaban J connectivity index is 1.98. The molecule has 0 spiro atoms. The standard InChI is InChI=1S/C22H24N6O2/c1-4-8-16-19-20(26-28(16)18-11-12-23-14-24-18)22(29)27(3)21(25-19)15-9-6-7-10-17(15)30-13-5-2/h6-7,9-12,14H,4-5,8,13H2,1-3H3. The minimum atomic E-state index is -0.203. The molecule has 4 aromatic rings. The van der Waals surface area contributed by atoms with E-state index < -0.39 is 0 Å². The Morgan fingerprint density at radius 3 is 2.63 bits per heavy atom. The smallest absolute Gasteiger partial charge is 0.281 e. The normalized spacial score (nSPS) is 11.2. The number of para-hydroxylation sites is 1. The highest BCUT2D eigenvalue weighted by atomic mass is 16.5. The fourth-order valence-corrected chi connectivity index (χ4v) is 3.43. The Kier molecular flexibility index (Phi) is 5.56. The summed E-state index contributed by atoms with van der Waals surface area (Å²) in [5, 5.41) is 4.57. The van der Waals surface area contributed by atoms with Crippen LogP contribution in [-0.4, -0.2) is 35.9 Å². The van der Waals surface area contributed by atoms with Crippen LogP contribution in [0.15, 0.2) is 47.7 Å². The zero-order valence-corrected chi connectivity index (χ0v) is 17.4. The average Bonchev–Trinajstić information content (AvgIpc) is 3.14. The summed E-state index contributed by atoms with van der Waals surface area (Å²) < 4.78 is 9.14. The van der Waals surface area contributed by atoms with Crippen LogP contribution in [0.3, 0.4) is 0 Å². The Labute approximate surface area is 174 Å². The second-order valence-corrected chi connectivity index (χ2v) is 7.02. The van der Waals surface area contributed by atoms with Crippen molar-refractivity contribution < 1.29 is 4.74 Å². The van der Waals surface area contributed by atoms with E-state index in [9.17, 15) is 4.79 Å². The van der Waals surface area contributed by atoms with E-state index in [0.29, 0.717) is 41.5 Å². The van der Waals surface area contributed by atoms with Gasteiger partial charge in [0.1, 0.15) is 23.4 Å². The second-order valence-electron chi connectivity index (χ2n) is 7.02. The van der Waals surface area contributed by atoms with Crippen molar-refractivity contribution in [2.75, 3.05) is 6.61 Å². The van der Waals surface area contributed by atoms with Crippen LogP contribution in [0.2, 0.25) is 0 Å². The average molecular weight is 404 g/mol. The molecule has 8 heteroatoms. The molecule has 0 fully saturated rings. The van der Waals surface area contributed by atoms with Gasteiger partial charge in [-0.15, -0.1) is 0 Å². The number of rotatable bonds is 7. The Hall–Kier alpha value is -3.55. The summed E-state index contributed by atoms with van der Waals surface area (Å²) in [6, 6.07) is 9.43. The molecule has 1 aromatic carbocycles. The molecule has 3 aromatic heterocycles. The molecule has 8 nitrogen and oxygen atoms in total. The van der Waals surface area contributed by atoms with Gasteiger partial charge < -0.3 is 4.74 Å². The lowest BCUT2D eigenvalue weighted by Gasteiger charge is -2.13. The van der Waals surface area contributed by atoms with Gasteiger partial charge in [-0.1, -0.05) is 32.4 Å². The third-order valence-electron chi connectivity index (χ3n) is 4.86. The first kappa shape index (κ1) is 19.8. The van der Waals surface area contributed by atoms with E-state index in [4.69, 9.17) is 9.72 Å². The van der Waals surface area contributed by atoms with Crippen molar-refractivity contribution in [1.29, 1.82) is 0 Å². The first-order valence-electron chi connectivity index (χ1n) is 10.1. The lowest BCUT2D eigenvalue weighted by molar-refractivity contribution is 0.318. The summed E-state index contributed by atoms with van der Waals surface area (Å²) in [5.74, 6) is 1.88. The Morgan fingerprint density at radius 1 is 1.07 bits per heavy atom. The summed E-state index contributed by atoms with van der Waals surface area (Å²) in [7, 11) is 1.71. The molecule has 0 amide bonds. The van der Waals surface area contributed by atoms with Crippen molar-refractivity contribution in [2.24, 2.45) is 7.05 Å². The molecular formula is C22H24N6O2. The number of hydrogen-bond donors (Lipinski definition) is 0. The number of hydrogen-bond acceptors (Lipinski definition) is 6. The van der Waals surface area contributed by atoms with E-state index in [2.05, 4.69) is 28.9 Å². The zero-order valence-electron chi connectivity index (χ0n) is 17.4. The molecule has 4 rings (SSSR count). The number of aromatic nitrogens is 6. The van der Waals surface area contributed by atoms with Gasteiger partial charge in [-0.3, -0.25) is 9.36 Å². The molecule has 3 heterocycles. The molecule has 0 atom stereocenters. The van der Waals surface area contributed by atoms with Gasteiger partial charge in [-0.05, 0) is 25.0 Å². The first-order chi connectivity index (χ1) is 14.7. The number of benzene rings is 1. The van der Waals surface area contributed by atoms with Crippen molar-refractivity contribution in [2.45, 2.75) is 33.1 Å². The van der Waals surface area contributed by atoms with Crippen LogP contribution in [0.25, 0.3) is 28.2 Å². The van der Waals surface area contributed by atoms with Crippen molar-refractivity contribution in [3.8, 4) is 23.0 Å². The quantitative estimate of drug-likeness (QED) is 0.470. The third-order valence-corrected chi connectivity index (χ3v) is 4.86. The second kappa shape index (κ2) is 8.44. The molecular weight excluding hydrogens is 380 g/mol. The zero-order chi connectivity index (χ0) is 21.1. The van der Waals surface area contributed by atoms with Gasteiger partial charge in [0.25, 0.3) is 5.56 Å². The van der Waals surface area contributed by atoms with Gasteiger partial charge in [0.15, 0.2) is 11.3 Å². The summed E-state index contributed by atoms with van der Waals surface area (Å²) >= 11 is 0. The molecule has 0 aliphatic heterocycles. The van der Waals surface area contributed by atoms with Crippen LogP contribution in [0, 0.1) is 0 Å². The highest BCUT2D eigenvalue weighted by Crippen LogP contribution is 2.29. The lowest BCUT2D eigenvalue weighted by Crippen LogP contribution is -2.20. The molecule has 0 bridgehead atoms. The Morgan fingerprint density at radius 2 is 1.90 bits per heavy atom. The molecule has 0 N–H and O–H groups in total. The maximum atomic E-state index is 13.2. The molecule has 0 unspecified atom stereocenters. The minimum Gasteiger partial charge on any atom is -0.493 e. The highest BCUT2D eigenvalue weighted by Gasteiger charge is 2.21. The van der Waals surface area contributed by atoms with Crippen LogP contribution in [0.5, 0.6) is 5.75 Å². The van der Waals surface area contributed by atoms with Crippen molar-refractivity contribution in [1.82, 2.24) is 29.3 Å². The van der Waals surface area contributed by atoms with Crippen molar-refractivity contribution in [3.63, 3.8) is 0 Å². The summed E-state index contributed by atoms with van der Waals surface area (Å²) in [6.07, 6.45) is 5.62. The van der Waals surface area contributed by atoms with Gasteiger partial charge in [0.2, 0.25) is 0 Å². The van der Waals surface area contributed by atoms with Crippen LogP contribution >= 0.6 is 0 Å². The molecule has 0 saturated carbocycles. The maximum Gasteiger partial charge on any atom is 0.281 e. The van der Waals surface area contributed by atoms with E-state index in [-0.39, 0.29) is 5.56 Å². The summed E-state index contributed by atoms with van der Waals surface area (Å²) in [4.78, 5) is 26.4. The molecule has 0 radical (unpaired) electrons. The first-order valence-corrected chi connectivity index (χ1v) is 10.1. The van der Waals surface area contributed by atoms with Gasteiger partial charge in [0.05, 0.1) is 17.9 Å². The summed E-state index contributed by atoms with van der Waals surface area (Å²) in [6.45, 7) is 4.74. The summed E-state index contributed by atoms with van der Waals surface area (Å²) in [5.41, 5.74) is 2.36. The van der Waals surface area contributed by atoms with E-state index >= 15 is 0 Å². The van der Waals surface area contributed by atoms with Crippen LogP contribution in [-0.2, 0) is 13.5 Å². The molecule has 0 aliphatic rings. The predicted octanol–water partition coefficient (Wildman–Crippen LogP) is 3.32. The number of ether oxygens (including phenoxy) is 1. The van der Waals surface area contributed by atoms with Gasteiger partial charge in [0, 0.05) is 19.3 Å². The van der Waals surface area contributed by atoms with Crippen LogP contribution in [0.1, 0.15) is 32.4 Å². The van der Waals surface area contributed by atoms with Crippen LogP contribution in [0.4, 0.5) is 0 Å². The number of nitrogens with zero attached hydrogens (tertiary/aromatic N) is 6. The molecule has 0 saturated heterocycles. The van der Waals surface area contributed by atoms with E-state index in [1.807, 2.05) is 24.3 Å². The SMILES string of the molecule is CCCOc1ccccc1-c1nc2c(CCC)n(-c3ccncn3)nc2c(=O)n1C. The van der Waals surface area contributed by atoms with Crippen molar-refractivity contribution in [3.05, 3.63) is 58.9 Å². The lowest BCUT2D eigenvalue weighted by atomic mass is 10.1. The topological polar surface area (TPSA) is 87.7 Å². The Bertz CT molecular complexity index is 1230. The monoisotopic (exact) mass is 404 g/mol. The molecule has 30 heavy (non-hydrogen) atoms. The predicted molar refractivity (Wildman–Crippen MR) is 115 cm³/mol. The third kappa shape index (κ3) is 3.45. The van der Waals surface area contributed by atoms with E-state index in [0.717, 1.165) is 24.1 Å². The van der Waals surface area contributed by atoms with Gasteiger partial charge in [-0.2, -0.15) is 5.10 Å². The maximum absolute atomic E-state index is 13.2. The van der Waals surface area contributed by atoms with E-state index in [1.165, 1.54) is 10.9 Å². The molecule has 0 aliphatic carbocycles. The molecule has 154 valence electrons. The van der Waals surface area contributed by atoms with Gasteiger partial charge >= 0.3 is 0 Å².